The molecule has 162 valence electrons. The van der Waals surface area contributed by atoms with Gasteiger partial charge in [-0.25, -0.2) is 18.4 Å². The maximum Gasteiger partial charge on any atom is 0.223 e. The minimum absolute atomic E-state index is 0.0245. The first-order valence-corrected chi connectivity index (χ1v) is 12.4. The average Bonchev–Trinajstić information content (AvgIpc) is 3.18. The summed E-state index contributed by atoms with van der Waals surface area (Å²) in [5.41, 5.74) is 3.15. The Hall–Kier alpha value is -2.96. The van der Waals surface area contributed by atoms with Crippen LogP contribution in [0.4, 0.5) is 5.95 Å². The molecule has 9 heteroatoms. The Kier molecular flexibility index (Phi) is 5.94. The first kappa shape index (κ1) is 21.3. The summed E-state index contributed by atoms with van der Waals surface area (Å²) in [5.74, 6) is 0.565. The van der Waals surface area contributed by atoms with E-state index in [2.05, 4.69) is 27.5 Å². The van der Waals surface area contributed by atoms with Crippen LogP contribution in [0.5, 0.6) is 0 Å². The lowest BCUT2D eigenvalue weighted by atomic mass is 10.0. The summed E-state index contributed by atoms with van der Waals surface area (Å²) in [4.78, 5) is 12.5. The second kappa shape index (κ2) is 8.65. The molecule has 0 amide bonds. The van der Waals surface area contributed by atoms with Crippen molar-refractivity contribution in [1.29, 1.82) is 5.26 Å². The minimum atomic E-state index is -3.59. The zero-order chi connectivity index (χ0) is 22.0. The van der Waals surface area contributed by atoms with Crippen LogP contribution in [0.25, 0.3) is 22.2 Å². The van der Waals surface area contributed by atoms with Crippen molar-refractivity contribution in [3.63, 3.8) is 0 Å². The highest BCUT2D eigenvalue weighted by molar-refractivity contribution is 7.91. The average molecular weight is 439 g/mol. The molecule has 0 saturated carbocycles. The van der Waals surface area contributed by atoms with Gasteiger partial charge in [0.05, 0.1) is 16.8 Å². The van der Waals surface area contributed by atoms with Gasteiger partial charge in [-0.2, -0.15) is 5.26 Å². The normalized spacial score (nSPS) is 16.9. The summed E-state index contributed by atoms with van der Waals surface area (Å²) < 4.78 is 24.8. The third-order valence-electron chi connectivity index (χ3n) is 5.57. The molecular weight excluding hydrogens is 412 g/mol. The van der Waals surface area contributed by atoms with Crippen molar-refractivity contribution in [3.8, 4) is 17.3 Å². The van der Waals surface area contributed by atoms with Crippen molar-refractivity contribution < 1.29 is 8.42 Å². The third-order valence-corrected chi connectivity index (χ3v) is 6.73. The molecule has 3 N–H and O–H groups in total. The van der Waals surface area contributed by atoms with Gasteiger partial charge in [0, 0.05) is 42.2 Å². The molecular formula is C22H26N6O2S. The van der Waals surface area contributed by atoms with Crippen molar-refractivity contribution in [1.82, 2.24) is 20.3 Å². The van der Waals surface area contributed by atoms with Gasteiger partial charge < -0.3 is 15.6 Å². The standard InChI is InChI=1S/C22H26N6O2S/c1-3-5-15-11-26-22(27-16-6-4-9-24-12-16)28-19(15)18-13-25-20-17(18)8-7-14(10-23)21(20)31(2,29)30/h7-8,11,13,16,24-25H,3-6,9,12H2,1-2H3,(H,26,27,28)/t16-/m0/s1. The Bertz CT molecular complexity index is 1250. The Balaban J connectivity index is 1.84. The van der Waals surface area contributed by atoms with Gasteiger partial charge in [-0.05, 0) is 37.4 Å². The monoisotopic (exact) mass is 438 g/mol. The summed E-state index contributed by atoms with van der Waals surface area (Å²) in [6.45, 7) is 4.00. The molecule has 4 rings (SSSR count). The number of aromatic nitrogens is 3. The summed E-state index contributed by atoms with van der Waals surface area (Å²) in [5, 5.41) is 16.9. The molecule has 0 unspecified atom stereocenters. The Morgan fingerprint density at radius 1 is 1.35 bits per heavy atom. The molecule has 0 spiro atoms. The number of hydrogen-bond donors (Lipinski definition) is 3. The summed E-state index contributed by atoms with van der Waals surface area (Å²) in [6, 6.07) is 5.60. The van der Waals surface area contributed by atoms with Crippen molar-refractivity contribution in [3.05, 3.63) is 35.7 Å². The van der Waals surface area contributed by atoms with Gasteiger partial charge in [0.2, 0.25) is 5.95 Å². The predicted molar refractivity (Wildman–Crippen MR) is 121 cm³/mol. The summed E-state index contributed by atoms with van der Waals surface area (Å²) in [7, 11) is -3.59. The lowest BCUT2D eigenvalue weighted by molar-refractivity contribution is 0.478. The quantitative estimate of drug-likeness (QED) is 0.540. The van der Waals surface area contributed by atoms with Crippen molar-refractivity contribution in [2.45, 2.75) is 43.5 Å². The van der Waals surface area contributed by atoms with Crippen LogP contribution in [-0.2, 0) is 16.3 Å². The van der Waals surface area contributed by atoms with Crippen LogP contribution in [0.1, 0.15) is 37.3 Å². The number of fused-ring (bicyclic) bond motifs is 1. The molecule has 1 aromatic carbocycles. The molecule has 0 aliphatic carbocycles. The largest absolute Gasteiger partial charge is 0.359 e. The zero-order valence-corrected chi connectivity index (χ0v) is 18.5. The molecule has 1 atom stereocenters. The minimum Gasteiger partial charge on any atom is -0.359 e. The van der Waals surface area contributed by atoms with Gasteiger partial charge >= 0.3 is 0 Å². The van der Waals surface area contributed by atoms with Crippen LogP contribution in [0.2, 0.25) is 0 Å². The van der Waals surface area contributed by atoms with Gasteiger partial charge in [0.25, 0.3) is 0 Å². The number of anilines is 1. The number of aromatic amines is 1. The molecule has 8 nitrogen and oxygen atoms in total. The number of rotatable bonds is 6. The van der Waals surface area contributed by atoms with E-state index in [1.54, 1.807) is 18.3 Å². The predicted octanol–water partition coefficient (Wildman–Crippen LogP) is 3.02. The third kappa shape index (κ3) is 4.27. The molecule has 3 heterocycles. The molecule has 1 fully saturated rings. The van der Waals surface area contributed by atoms with Gasteiger partial charge in [-0.1, -0.05) is 19.4 Å². The molecule has 0 bridgehead atoms. The maximum absolute atomic E-state index is 12.4. The number of sulfone groups is 1. The Labute approximate surface area is 182 Å². The number of benzene rings is 1. The molecule has 1 aliphatic heterocycles. The zero-order valence-electron chi connectivity index (χ0n) is 17.7. The topological polar surface area (TPSA) is 124 Å². The van der Waals surface area contributed by atoms with Gasteiger partial charge in [-0.3, -0.25) is 0 Å². The van der Waals surface area contributed by atoms with E-state index in [-0.39, 0.29) is 16.5 Å². The van der Waals surface area contributed by atoms with E-state index >= 15 is 0 Å². The highest BCUT2D eigenvalue weighted by Gasteiger charge is 2.22. The highest BCUT2D eigenvalue weighted by Crippen LogP contribution is 2.35. The number of nitrogens with zero attached hydrogens (tertiary/aromatic N) is 3. The highest BCUT2D eigenvalue weighted by atomic mass is 32.2. The first-order valence-electron chi connectivity index (χ1n) is 10.5. The first-order chi connectivity index (χ1) is 14.9. The van der Waals surface area contributed by atoms with E-state index in [1.807, 2.05) is 12.3 Å². The van der Waals surface area contributed by atoms with E-state index in [0.29, 0.717) is 11.5 Å². The molecule has 2 aromatic heterocycles. The van der Waals surface area contributed by atoms with E-state index in [0.717, 1.165) is 67.2 Å². The molecule has 0 radical (unpaired) electrons. The Morgan fingerprint density at radius 3 is 2.87 bits per heavy atom. The lowest BCUT2D eigenvalue weighted by Crippen LogP contribution is -2.38. The van der Waals surface area contributed by atoms with E-state index < -0.39 is 9.84 Å². The molecule has 31 heavy (non-hydrogen) atoms. The second-order valence-electron chi connectivity index (χ2n) is 7.96. The van der Waals surface area contributed by atoms with E-state index in [4.69, 9.17) is 4.98 Å². The number of aryl methyl sites for hydroxylation is 1. The molecule has 3 aromatic rings. The number of nitrogens with one attached hydrogen (secondary N) is 3. The number of piperidine rings is 1. The second-order valence-corrected chi connectivity index (χ2v) is 9.91. The maximum atomic E-state index is 12.4. The van der Waals surface area contributed by atoms with Crippen molar-refractivity contribution in [2.24, 2.45) is 0 Å². The molecule has 1 aliphatic rings. The summed E-state index contributed by atoms with van der Waals surface area (Å²) in [6.07, 6.45) is 8.66. The number of H-pyrrole nitrogens is 1. The van der Waals surface area contributed by atoms with Crippen LogP contribution in [0.15, 0.2) is 29.4 Å². The fourth-order valence-corrected chi connectivity index (χ4v) is 5.21. The van der Waals surface area contributed by atoms with Crippen LogP contribution >= 0.6 is 0 Å². The van der Waals surface area contributed by atoms with Crippen LogP contribution < -0.4 is 10.6 Å². The number of nitriles is 1. The van der Waals surface area contributed by atoms with Gasteiger partial charge in [0.15, 0.2) is 9.84 Å². The van der Waals surface area contributed by atoms with Crippen LogP contribution in [0.3, 0.4) is 0 Å². The van der Waals surface area contributed by atoms with Crippen molar-refractivity contribution in [2.75, 3.05) is 24.7 Å². The van der Waals surface area contributed by atoms with Crippen LogP contribution in [0, 0.1) is 11.3 Å². The van der Waals surface area contributed by atoms with Crippen molar-refractivity contribution >= 4 is 26.7 Å². The lowest BCUT2D eigenvalue weighted by Gasteiger charge is -2.24. The van der Waals surface area contributed by atoms with E-state index in [1.165, 1.54) is 0 Å². The summed E-state index contributed by atoms with van der Waals surface area (Å²) >= 11 is 0. The van der Waals surface area contributed by atoms with Gasteiger partial charge in [-0.15, -0.1) is 0 Å². The fraction of sp³-hybridized carbons (Fsp3) is 0.409. The fourth-order valence-electron chi connectivity index (χ4n) is 4.16. The SMILES string of the molecule is CCCc1cnc(N[C@H]2CCCNC2)nc1-c1c[nH]c2c(S(C)(=O)=O)c(C#N)ccc12. The number of hydrogen-bond acceptors (Lipinski definition) is 7. The molecule has 1 saturated heterocycles. The Morgan fingerprint density at radius 2 is 2.19 bits per heavy atom. The van der Waals surface area contributed by atoms with Crippen LogP contribution in [-0.4, -0.2) is 48.8 Å². The van der Waals surface area contributed by atoms with E-state index in [9.17, 15) is 13.7 Å². The van der Waals surface area contributed by atoms with Gasteiger partial charge in [0.1, 0.15) is 11.0 Å². The smallest absolute Gasteiger partial charge is 0.223 e.